The molecule has 1 heterocycles. The highest BCUT2D eigenvalue weighted by atomic mass is 16.6. The molecule has 152 valence electrons. The third-order valence-corrected chi connectivity index (χ3v) is 4.32. The van der Waals surface area contributed by atoms with Crippen LogP contribution < -0.4 is 4.90 Å². The van der Waals surface area contributed by atoms with Gasteiger partial charge in [-0.15, -0.1) is 0 Å². The van der Waals surface area contributed by atoms with Crippen LogP contribution in [0, 0.1) is 10.1 Å². The third-order valence-electron chi connectivity index (χ3n) is 4.32. The van der Waals surface area contributed by atoms with Crippen molar-refractivity contribution in [2.24, 2.45) is 0 Å². The first-order chi connectivity index (χ1) is 14.5. The van der Waals surface area contributed by atoms with E-state index >= 15 is 0 Å². The molecule has 3 rings (SSSR count). The van der Waals surface area contributed by atoms with Crippen molar-refractivity contribution in [1.29, 1.82) is 0 Å². The lowest BCUT2D eigenvalue weighted by molar-refractivity contribution is -0.384. The number of esters is 1. The molecule has 1 amide bonds. The van der Waals surface area contributed by atoms with Gasteiger partial charge in [-0.3, -0.25) is 19.9 Å². The summed E-state index contributed by atoms with van der Waals surface area (Å²) in [6.45, 7) is 2.24. The van der Waals surface area contributed by atoms with Crippen LogP contribution in [0.3, 0.4) is 0 Å². The topological polar surface area (TPSA) is 103 Å². The minimum atomic E-state index is -0.518. The van der Waals surface area contributed by atoms with E-state index in [0.29, 0.717) is 16.8 Å². The quantitative estimate of drug-likeness (QED) is 0.334. The lowest BCUT2D eigenvalue weighted by atomic mass is 10.1. The summed E-state index contributed by atoms with van der Waals surface area (Å²) in [5.41, 5.74) is 1.96. The van der Waals surface area contributed by atoms with E-state index < -0.39 is 10.9 Å². The fourth-order valence-electron chi connectivity index (χ4n) is 2.83. The third kappa shape index (κ3) is 4.85. The molecule has 0 aliphatic heterocycles. The Bertz CT molecular complexity index is 1030. The highest BCUT2D eigenvalue weighted by Crippen LogP contribution is 2.22. The van der Waals surface area contributed by atoms with Crippen LogP contribution in [0.1, 0.15) is 33.2 Å². The Hall–Kier alpha value is -4.07. The molecule has 0 aliphatic carbocycles. The van der Waals surface area contributed by atoms with E-state index in [1.807, 2.05) is 6.07 Å². The molecule has 3 aromatic rings. The van der Waals surface area contributed by atoms with Crippen molar-refractivity contribution in [3.63, 3.8) is 0 Å². The highest BCUT2D eigenvalue weighted by Gasteiger charge is 2.20. The molecule has 8 nitrogen and oxygen atoms in total. The van der Waals surface area contributed by atoms with Gasteiger partial charge >= 0.3 is 5.97 Å². The fraction of sp³-hybridized carbons (Fsp3) is 0.136. The summed E-state index contributed by atoms with van der Waals surface area (Å²) in [6, 6.07) is 15.5. The smallest absolute Gasteiger partial charge is 0.338 e. The van der Waals surface area contributed by atoms with Crippen molar-refractivity contribution >= 4 is 23.3 Å². The molecule has 0 N–H and O–H groups in total. The molecule has 2 aromatic carbocycles. The normalized spacial score (nSPS) is 10.3. The van der Waals surface area contributed by atoms with Crippen LogP contribution in [-0.4, -0.2) is 28.4 Å². The van der Waals surface area contributed by atoms with Crippen molar-refractivity contribution in [3.05, 3.63) is 99.9 Å². The Labute approximate surface area is 172 Å². The van der Waals surface area contributed by atoms with E-state index in [-0.39, 0.29) is 24.7 Å². The Morgan fingerprint density at radius 2 is 1.70 bits per heavy atom. The number of ether oxygens (including phenoxy) is 1. The van der Waals surface area contributed by atoms with Crippen molar-refractivity contribution in [1.82, 2.24) is 4.98 Å². The lowest BCUT2D eigenvalue weighted by Gasteiger charge is -2.23. The number of hydrogen-bond acceptors (Lipinski definition) is 6. The van der Waals surface area contributed by atoms with E-state index in [1.165, 1.54) is 29.2 Å². The van der Waals surface area contributed by atoms with E-state index in [0.717, 1.165) is 5.56 Å². The number of nitro groups is 1. The highest BCUT2D eigenvalue weighted by molar-refractivity contribution is 6.06. The van der Waals surface area contributed by atoms with Crippen molar-refractivity contribution in [2.75, 3.05) is 11.5 Å². The largest absolute Gasteiger partial charge is 0.462 e. The number of carbonyl (C=O) groups excluding carboxylic acids is 2. The minimum absolute atomic E-state index is 0.0934. The number of hydrogen-bond donors (Lipinski definition) is 0. The molecule has 30 heavy (non-hydrogen) atoms. The molecule has 0 bridgehead atoms. The first-order valence-electron chi connectivity index (χ1n) is 9.22. The van der Waals surface area contributed by atoms with Crippen LogP contribution in [-0.2, 0) is 11.3 Å². The molecule has 0 spiro atoms. The number of amides is 1. The lowest BCUT2D eigenvalue weighted by Crippen LogP contribution is -2.30. The molecule has 0 radical (unpaired) electrons. The summed E-state index contributed by atoms with van der Waals surface area (Å²) in [6.07, 6.45) is 3.29. The van der Waals surface area contributed by atoms with Gasteiger partial charge in [-0.2, -0.15) is 0 Å². The van der Waals surface area contributed by atoms with Gasteiger partial charge in [0.05, 0.1) is 23.6 Å². The first kappa shape index (κ1) is 20.7. The molecule has 0 fully saturated rings. The Morgan fingerprint density at radius 1 is 1.03 bits per heavy atom. The molecule has 1 aromatic heterocycles. The summed E-state index contributed by atoms with van der Waals surface area (Å²) < 4.78 is 4.99. The van der Waals surface area contributed by atoms with Gasteiger partial charge in [-0.05, 0) is 55.0 Å². The van der Waals surface area contributed by atoms with Crippen molar-refractivity contribution < 1.29 is 19.2 Å². The number of nitro benzene ring substituents is 1. The predicted molar refractivity (Wildman–Crippen MR) is 110 cm³/mol. The molecular weight excluding hydrogens is 386 g/mol. The second-order valence-electron chi connectivity index (χ2n) is 6.32. The zero-order valence-electron chi connectivity index (χ0n) is 16.2. The van der Waals surface area contributed by atoms with Crippen LogP contribution >= 0.6 is 0 Å². The van der Waals surface area contributed by atoms with Gasteiger partial charge in [0, 0.05) is 35.8 Å². The average Bonchev–Trinajstić information content (AvgIpc) is 2.78. The first-order valence-corrected chi connectivity index (χ1v) is 9.22. The minimum Gasteiger partial charge on any atom is -0.462 e. The molecule has 8 heteroatoms. The van der Waals surface area contributed by atoms with E-state index in [2.05, 4.69) is 4.98 Å². The van der Waals surface area contributed by atoms with Gasteiger partial charge in [0.15, 0.2) is 0 Å². The van der Waals surface area contributed by atoms with Gasteiger partial charge in [0.25, 0.3) is 11.6 Å². The average molecular weight is 405 g/mol. The molecular formula is C22H19N3O5. The Balaban J connectivity index is 1.92. The second-order valence-corrected chi connectivity index (χ2v) is 6.32. The number of benzene rings is 2. The molecule has 0 saturated heterocycles. The number of anilines is 1. The maximum Gasteiger partial charge on any atom is 0.338 e. The van der Waals surface area contributed by atoms with Crippen LogP contribution in [0.15, 0.2) is 73.1 Å². The number of pyridine rings is 1. The summed E-state index contributed by atoms with van der Waals surface area (Å²) in [5, 5.41) is 10.9. The van der Waals surface area contributed by atoms with E-state index in [4.69, 9.17) is 4.74 Å². The summed E-state index contributed by atoms with van der Waals surface area (Å²) in [5.74, 6) is -0.776. The van der Waals surface area contributed by atoms with Gasteiger partial charge in [-0.25, -0.2) is 4.79 Å². The van der Waals surface area contributed by atoms with Crippen LogP contribution in [0.2, 0.25) is 0 Å². The van der Waals surface area contributed by atoms with E-state index in [9.17, 15) is 19.7 Å². The summed E-state index contributed by atoms with van der Waals surface area (Å²) in [4.78, 5) is 41.0. The zero-order chi connectivity index (χ0) is 21.5. The van der Waals surface area contributed by atoms with Crippen LogP contribution in [0.5, 0.6) is 0 Å². The molecule has 0 aliphatic rings. The van der Waals surface area contributed by atoms with E-state index in [1.54, 1.807) is 49.6 Å². The second kappa shape index (κ2) is 9.42. The number of rotatable bonds is 7. The number of nitrogens with zero attached hydrogens (tertiary/aromatic N) is 3. The van der Waals surface area contributed by atoms with Gasteiger partial charge in [0.1, 0.15) is 0 Å². The number of carbonyl (C=O) groups is 2. The summed E-state index contributed by atoms with van der Waals surface area (Å²) >= 11 is 0. The van der Waals surface area contributed by atoms with Crippen molar-refractivity contribution in [2.45, 2.75) is 13.5 Å². The number of non-ortho nitro benzene ring substituents is 1. The maximum absolute atomic E-state index is 13.2. The van der Waals surface area contributed by atoms with Gasteiger partial charge in [0.2, 0.25) is 0 Å². The maximum atomic E-state index is 13.2. The number of aromatic nitrogens is 1. The zero-order valence-corrected chi connectivity index (χ0v) is 16.2. The Morgan fingerprint density at radius 3 is 2.27 bits per heavy atom. The Kier molecular flexibility index (Phi) is 6.49. The molecule has 0 saturated carbocycles. The fourth-order valence-corrected chi connectivity index (χ4v) is 2.83. The van der Waals surface area contributed by atoms with Crippen molar-refractivity contribution in [3.8, 4) is 0 Å². The van der Waals surface area contributed by atoms with Gasteiger partial charge < -0.3 is 9.64 Å². The molecule has 0 atom stereocenters. The van der Waals surface area contributed by atoms with Crippen LogP contribution in [0.25, 0.3) is 0 Å². The van der Waals surface area contributed by atoms with Gasteiger partial charge in [-0.1, -0.05) is 6.07 Å². The monoisotopic (exact) mass is 405 g/mol. The molecule has 0 unspecified atom stereocenters. The predicted octanol–water partition coefficient (Wildman–Crippen LogP) is 4.01. The SMILES string of the molecule is CCOC(=O)c1ccc(N(Cc2cccnc2)C(=O)c2ccc([N+](=O)[O-])cc2)cc1. The van der Waals surface area contributed by atoms with Crippen LogP contribution in [0.4, 0.5) is 11.4 Å². The standard InChI is InChI=1S/C22H19N3O5/c1-2-30-22(27)18-7-9-19(10-8-18)24(15-16-4-3-13-23-14-16)21(26)17-5-11-20(12-6-17)25(28)29/h3-14H,2,15H2,1H3. The summed E-state index contributed by atoms with van der Waals surface area (Å²) in [7, 11) is 0.